The fourth-order valence-corrected chi connectivity index (χ4v) is 3.77. The van der Waals surface area contributed by atoms with Crippen molar-refractivity contribution in [3.8, 4) is 0 Å². The van der Waals surface area contributed by atoms with Gasteiger partial charge in [0.1, 0.15) is 0 Å². The average Bonchev–Trinajstić information content (AvgIpc) is 3.07. The third-order valence-corrected chi connectivity index (χ3v) is 5.66. The third kappa shape index (κ3) is 4.93. The van der Waals surface area contributed by atoms with Gasteiger partial charge < -0.3 is 9.88 Å². The van der Waals surface area contributed by atoms with Gasteiger partial charge >= 0.3 is 0 Å². The van der Waals surface area contributed by atoms with Crippen LogP contribution in [0.25, 0.3) is 0 Å². The van der Waals surface area contributed by atoms with E-state index in [1.807, 2.05) is 18.5 Å². The first kappa shape index (κ1) is 20.8. The van der Waals surface area contributed by atoms with Crippen molar-refractivity contribution in [3.63, 3.8) is 0 Å². The smallest absolute Gasteiger partial charge is 0.269 e. The molecule has 1 aromatic heterocycles. The Morgan fingerprint density at radius 2 is 1.93 bits per heavy atom. The molecule has 0 radical (unpaired) electrons. The Labute approximate surface area is 176 Å². The van der Waals surface area contributed by atoms with Crippen molar-refractivity contribution in [2.45, 2.75) is 23.9 Å². The number of nitrogens with one attached hydrogen (secondary N) is 1. The molecule has 0 aliphatic heterocycles. The molecule has 1 atom stereocenters. The number of hydrogen-bond acceptors (Lipinski definition) is 6. The summed E-state index contributed by atoms with van der Waals surface area (Å²) in [6.07, 6.45) is 0. The highest BCUT2D eigenvalue weighted by molar-refractivity contribution is 7.98. The summed E-state index contributed by atoms with van der Waals surface area (Å²) in [5.74, 6) is 0.910. The van der Waals surface area contributed by atoms with Crippen molar-refractivity contribution in [1.82, 2.24) is 20.1 Å². The number of aromatic nitrogens is 3. The first-order valence-electron chi connectivity index (χ1n) is 8.67. The predicted octanol–water partition coefficient (Wildman–Crippen LogP) is 4.16. The minimum atomic E-state index is -0.426. The molecule has 10 heteroatoms. The normalized spacial score (nSPS) is 11.8. The van der Waals surface area contributed by atoms with E-state index in [0.717, 1.165) is 5.56 Å². The van der Waals surface area contributed by atoms with Crippen LogP contribution in [0.1, 0.15) is 34.7 Å². The van der Waals surface area contributed by atoms with E-state index in [1.54, 1.807) is 36.4 Å². The molecule has 1 unspecified atom stereocenters. The van der Waals surface area contributed by atoms with E-state index in [0.29, 0.717) is 27.3 Å². The minimum absolute atomic E-state index is 0.0581. The van der Waals surface area contributed by atoms with E-state index in [-0.39, 0.29) is 17.6 Å². The molecule has 150 valence electrons. The Morgan fingerprint density at radius 1 is 1.24 bits per heavy atom. The van der Waals surface area contributed by atoms with Gasteiger partial charge in [0.25, 0.3) is 11.6 Å². The van der Waals surface area contributed by atoms with Crippen molar-refractivity contribution in [1.29, 1.82) is 0 Å². The number of non-ortho nitro benzene ring substituents is 1. The molecule has 1 heterocycles. The van der Waals surface area contributed by atoms with Crippen molar-refractivity contribution in [2.75, 3.05) is 0 Å². The van der Waals surface area contributed by atoms with E-state index >= 15 is 0 Å². The maximum atomic E-state index is 12.4. The molecule has 0 bridgehead atoms. The fraction of sp³-hybridized carbons (Fsp3) is 0.211. The van der Waals surface area contributed by atoms with E-state index < -0.39 is 4.92 Å². The summed E-state index contributed by atoms with van der Waals surface area (Å²) in [6.45, 7) is 1.82. The molecule has 3 rings (SSSR count). The van der Waals surface area contributed by atoms with Gasteiger partial charge in [-0.25, -0.2) is 0 Å². The summed E-state index contributed by atoms with van der Waals surface area (Å²) in [6, 6.07) is 12.9. The number of carbonyl (C=O) groups is 1. The first-order chi connectivity index (χ1) is 13.9. The molecule has 3 aromatic rings. The number of nitro benzene ring substituents is 1. The SMILES string of the molecule is CC(NC(=O)c1ccccc1Cl)c1nnc(SCc2ccc([N+](=O)[O-])cc2)n1C. The van der Waals surface area contributed by atoms with Gasteiger partial charge in [0.2, 0.25) is 0 Å². The molecule has 0 saturated heterocycles. The largest absolute Gasteiger partial charge is 0.342 e. The van der Waals surface area contributed by atoms with Gasteiger partial charge in [-0.3, -0.25) is 14.9 Å². The van der Waals surface area contributed by atoms with Crippen LogP contribution in [0, 0.1) is 10.1 Å². The summed E-state index contributed by atoms with van der Waals surface area (Å²) >= 11 is 7.53. The molecular formula is C19H18ClN5O3S. The average molecular weight is 432 g/mol. The Morgan fingerprint density at radius 3 is 2.59 bits per heavy atom. The molecule has 8 nitrogen and oxygen atoms in total. The summed E-state index contributed by atoms with van der Waals surface area (Å²) in [4.78, 5) is 22.8. The summed E-state index contributed by atoms with van der Waals surface area (Å²) in [5.41, 5.74) is 1.39. The van der Waals surface area contributed by atoms with E-state index in [2.05, 4.69) is 15.5 Å². The zero-order chi connectivity index (χ0) is 21.0. The Hall–Kier alpha value is -2.91. The lowest BCUT2D eigenvalue weighted by Crippen LogP contribution is -2.28. The molecule has 0 saturated carbocycles. The summed E-state index contributed by atoms with van der Waals surface area (Å²) < 4.78 is 1.81. The molecule has 0 aliphatic carbocycles. The van der Waals surface area contributed by atoms with Crippen LogP contribution in [0.5, 0.6) is 0 Å². The van der Waals surface area contributed by atoms with E-state index in [9.17, 15) is 14.9 Å². The van der Waals surface area contributed by atoms with Gasteiger partial charge in [0.15, 0.2) is 11.0 Å². The van der Waals surface area contributed by atoms with Crippen LogP contribution in [0.2, 0.25) is 5.02 Å². The maximum absolute atomic E-state index is 12.4. The van der Waals surface area contributed by atoms with Crippen LogP contribution in [0.3, 0.4) is 0 Å². The third-order valence-electron chi connectivity index (χ3n) is 4.24. The molecule has 0 spiro atoms. The number of hydrogen-bond donors (Lipinski definition) is 1. The quantitative estimate of drug-likeness (QED) is 0.342. The predicted molar refractivity (Wildman–Crippen MR) is 111 cm³/mol. The lowest BCUT2D eigenvalue weighted by atomic mass is 10.2. The lowest BCUT2D eigenvalue weighted by Gasteiger charge is -2.14. The number of thioether (sulfide) groups is 1. The Balaban J connectivity index is 1.64. The van der Waals surface area contributed by atoms with Gasteiger partial charge in [-0.05, 0) is 24.6 Å². The first-order valence-corrected chi connectivity index (χ1v) is 10.0. The highest BCUT2D eigenvalue weighted by Gasteiger charge is 2.19. The van der Waals surface area contributed by atoms with Gasteiger partial charge in [-0.1, -0.05) is 47.6 Å². The highest BCUT2D eigenvalue weighted by atomic mass is 35.5. The van der Waals surface area contributed by atoms with E-state index in [1.165, 1.54) is 23.9 Å². The zero-order valence-corrected chi connectivity index (χ0v) is 17.3. The molecule has 1 N–H and O–H groups in total. The maximum Gasteiger partial charge on any atom is 0.269 e. The summed E-state index contributed by atoms with van der Waals surface area (Å²) in [5, 5.41) is 23.0. The summed E-state index contributed by atoms with van der Waals surface area (Å²) in [7, 11) is 1.83. The number of halogens is 1. The van der Waals surface area contributed by atoms with E-state index in [4.69, 9.17) is 11.6 Å². The lowest BCUT2D eigenvalue weighted by molar-refractivity contribution is -0.384. The standard InChI is InChI=1S/C19H18ClN5O3S/c1-12(21-18(26)15-5-3-4-6-16(15)20)17-22-23-19(24(17)2)29-11-13-7-9-14(10-8-13)25(27)28/h3-10,12H,11H2,1-2H3,(H,21,26). The fourth-order valence-electron chi connectivity index (χ4n) is 2.67. The Kier molecular flexibility index (Phi) is 6.50. The van der Waals surface area contributed by atoms with Gasteiger partial charge in [0, 0.05) is 24.9 Å². The van der Waals surface area contributed by atoms with Crippen LogP contribution >= 0.6 is 23.4 Å². The monoisotopic (exact) mass is 431 g/mol. The van der Waals surface area contributed by atoms with Gasteiger partial charge in [-0.2, -0.15) is 0 Å². The molecule has 1 amide bonds. The van der Waals surface area contributed by atoms with Crippen molar-refractivity contribution < 1.29 is 9.72 Å². The van der Waals surface area contributed by atoms with Crippen LogP contribution in [-0.4, -0.2) is 25.6 Å². The van der Waals surface area contributed by atoms with Crippen molar-refractivity contribution in [2.24, 2.45) is 7.05 Å². The zero-order valence-electron chi connectivity index (χ0n) is 15.7. The molecule has 0 fully saturated rings. The number of rotatable bonds is 7. The number of amides is 1. The number of nitrogens with zero attached hydrogens (tertiary/aromatic N) is 4. The molecule has 2 aromatic carbocycles. The molecular weight excluding hydrogens is 414 g/mol. The van der Waals surface area contributed by atoms with Crippen molar-refractivity contribution in [3.05, 3.63) is 80.6 Å². The van der Waals surface area contributed by atoms with Crippen LogP contribution < -0.4 is 5.32 Å². The van der Waals surface area contributed by atoms with Gasteiger partial charge in [0.05, 0.1) is 21.6 Å². The van der Waals surface area contributed by atoms with Gasteiger partial charge in [-0.15, -0.1) is 10.2 Å². The van der Waals surface area contributed by atoms with Crippen LogP contribution in [-0.2, 0) is 12.8 Å². The highest BCUT2D eigenvalue weighted by Crippen LogP contribution is 2.24. The Bertz CT molecular complexity index is 1040. The molecule has 0 aliphatic rings. The topological polar surface area (TPSA) is 103 Å². The molecule has 29 heavy (non-hydrogen) atoms. The second-order valence-electron chi connectivity index (χ2n) is 6.29. The number of benzene rings is 2. The second-order valence-corrected chi connectivity index (χ2v) is 7.64. The number of carbonyl (C=O) groups excluding carboxylic acids is 1. The second kappa shape index (κ2) is 9.06. The van der Waals surface area contributed by atoms with Crippen molar-refractivity contribution >= 4 is 35.0 Å². The number of nitro groups is 1. The minimum Gasteiger partial charge on any atom is -0.342 e. The van der Waals surface area contributed by atoms with Crippen LogP contribution in [0.4, 0.5) is 5.69 Å². The van der Waals surface area contributed by atoms with Crippen LogP contribution in [0.15, 0.2) is 53.7 Å².